The smallest absolute Gasteiger partial charge is 0.283 e. The van der Waals surface area contributed by atoms with Crippen molar-refractivity contribution in [1.29, 1.82) is 0 Å². The van der Waals surface area contributed by atoms with Crippen molar-refractivity contribution in [3.8, 4) is 11.5 Å². The summed E-state index contributed by atoms with van der Waals surface area (Å²) in [6.45, 7) is 2.46. The highest BCUT2D eigenvalue weighted by molar-refractivity contribution is 6.53. The van der Waals surface area contributed by atoms with Gasteiger partial charge < -0.3 is 20.1 Å². The van der Waals surface area contributed by atoms with E-state index in [1.54, 1.807) is 50.6 Å². The summed E-state index contributed by atoms with van der Waals surface area (Å²) in [6.07, 6.45) is 1.46. The third-order valence-corrected chi connectivity index (χ3v) is 6.54. The van der Waals surface area contributed by atoms with Crippen LogP contribution in [0.15, 0.2) is 77.5 Å². The minimum atomic E-state index is -0.589. The maximum atomic E-state index is 13.0. The van der Waals surface area contributed by atoms with Crippen LogP contribution < -0.4 is 25.0 Å². The molecule has 3 amide bonds. The van der Waals surface area contributed by atoms with E-state index >= 15 is 0 Å². The third-order valence-electron chi connectivity index (χ3n) is 6.19. The molecule has 0 spiro atoms. The number of ether oxygens (including phenoxy) is 2. The zero-order valence-corrected chi connectivity index (χ0v) is 22.1. The Bertz CT molecular complexity index is 1380. The van der Waals surface area contributed by atoms with Crippen molar-refractivity contribution < 1.29 is 23.9 Å². The van der Waals surface area contributed by atoms with Gasteiger partial charge in [0.2, 0.25) is 0 Å². The number of anilines is 2. The van der Waals surface area contributed by atoms with Gasteiger partial charge in [0.1, 0.15) is 10.7 Å². The van der Waals surface area contributed by atoms with Gasteiger partial charge in [0.15, 0.2) is 11.5 Å². The van der Waals surface area contributed by atoms with E-state index in [1.807, 2.05) is 37.3 Å². The second-order valence-corrected chi connectivity index (χ2v) is 8.93. The Hall–Kier alpha value is -4.30. The average molecular weight is 534 g/mol. The van der Waals surface area contributed by atoms with Crippen molar-refractivity contribution in [2.75, 3.05) is 31.0 Å². The van der Waals surface area contributed by atoms with Crippen LogP contribution >= 0.6 is 11.6 Å². The molecule has 0 unspecified atom stereocenters. The number of rotatable bonds is 10. The summed E-state index contributed by atoms with van der Waals surface area (Å²) in [5.41, 5.74) is 3.50. The van der Waals surface area contributed by atoms with Gasteiger partial charge in [-0.1, -0.05) is 36.7 Å². The fraction of sp³-hybridized carbons (Fsp3) is 0.207. The molecule has 0 atom stereocenters. The molecule has 0 fully saturated rings. The summed E-state index contributed by atoms with van der Waals surface area (Å²) < 4.78 is 10.6. The number of nitrogens with zero attached hydrogens (tertiary/aromatic N) is 1. The van der Waals surface area contributed by atoms with E-state index in [9.17, 15) is 14.4 Å². The number of benzene rings is 3. The van der Waals surface area contributed by atoms with Crippen LogP contribution in [-0.4, -0.2) is 38.5 Å². The molecule has 9 heteroatoms. The molecule has 0 aliphatic carbocycles. The zero-order valence-electron chi connectivity index (χ0n) is 21.3. The first-order valence-electron chi connectivity index (χ1n) is 12.1. The van der Waals surface area contributed by atoms with Crippen molar-refractivity contribution in [3.63, 3.8) is 0 Å². The topological polar surface area (TPSA) is 97.0 Å². The first-order chi connectivity index (χ1) is 18.4. The Kier molecular flexibility index (Phi) is 8.33. The molecule has 38 heavy (non-hydrogen) atoms. The molecule has 0 aromatic heterocycles. The standard InChI is InChI=1S/C29H28ClN3O5/c1-4-18-5-12-22(13-6-18)33-28(35)25(30)26(29(33)36)32-21-10-8-20(9-11-21)27(34)31-16-15-19-7-14-23(37-2)24(17-19)38-3/h5-14,17,32H,4,15-16H2,1-3H3,(H,31,34). The van der Waals surface area contributed by atoms with Gasteiger partial charge in [0, 0.05) is 17.8 Å². The van der Waals surface area contributed by atoms with Gasteiger partial charge in [-0.2, -0.15) is 0 Å². The molecular formula is C29H28ClN3O5. The molecule has 2 N–H and O–H groups in total. The van der Waals surface area contributed by atoms with E-state index in [4.69, 9.17) is 21.1 Å². The van der Waals surface area contributed by atoms with Crippen LogP contribution in [0.25, 0.3) is 0 Å². The summed E-state index contributed by atoms with van der Waals surface area (Å²) in [4.78, 5) is 39.3. The quantitative estimate of drug-likeness (QED) is 0.367. The van der Waals surface area contributed by atoms with Crippen molar-refractivity contribution in [2.24, 2.45) is 0 Å². The number of carbonyl (C=O) groups excluding carboxylic acids is 3. The van der Waals surface area contributed by atoms with E-state index in [-0.39, 0.29) is 16.6 Å². The summed E-state index contributed by atoms with van der Waals surface area (Å²) in [6, 6.07) is 19.4. The van der Waals surface area contributed by atoms with Gasteiger partial charge in [0.05, 0.1) is 19.9 Å². The molecule has 1 aliphatic rings. The average Bonchev–Trinajstić information content (AvgIpc) is 3.16. The van der Waals surface area contributed by atoms with E-state index in [2.05, 4.69) is 10.6 Å². The minimum Gasteiger partial charge on any atom is -0.493 e. The van der Waals surface area contributed by atoms with Crippen molar-refractivity contribution >= 4 is 40.7 Å². The molecule has 4 rings (SSSR count). The Balaban J connectivity index is 1.35. The first-order valence-corrected chi connectivity index (χ1v) is 12.5. The highest BCUT2D eigenvalue weighted by Gasteiger charge is 2.38. The van der Waals surface area contributed by atoms with Crippen LogP contribution in [0.2, 0.25) is 0 Å². The fourth-order valence-corrected chi connectivity index (χ4v) is 4.25. The Morgan fingerprint density at radius 1 is 0.868 bits per heavy atom. The largest absolute Gasteiger partial charge is 0.493 e. The molecule has 8 nitrogen and oxygen atoms in total. The van der Waals surface area contributed by atoms with Gasteiger partial charge in [0.25, 0.3) is 17.7 Å². The molecule has 1 aliphatic heterocycles. The second kappa shape index (κ2) is 11.8. The van der Waals surface area contributed by atoms with E-state index in [0.29, 0.717) is 41.4 Å². The lowest BCUT2D eigenvalue weighted by Gasteiger charge is -2.15. The van der Waals surface area contributed by atoms with Crippen LogP contribution in [-0.2, 0) is 22.4 Å². The highest BCUT2D eigenvalue weighted by Crippen LogP contribution is 2.30. The lowest BCUT2D eigenvalue weighted by Crippen LogP contribution is -2.32. The summed E-state index contributed by atoms with van der Waals surface area (Å²) in [5, 5.41) is 5.63. The number of methoxy groups -OCH3 is 2. The maximum Gasteiger partial charge on any atom is 0.283 e. The predicted molar refractivity (Wildman–Crippen MR) is 147 cm³/mol. The maximum absolute atomic E-state index is 13.0. The van der Waals surface area contributed by atoms with Crippen LogP contribution in [0.3, 0.4) is 0 Å². The molecule has 3 aromatic rings. The molecule has 196 valence electrons. The summed E-state index contributed by atoms with van der Waals surface area (Å²) in [7, 11) is 3.16. The molecule has 3 aromatic carbocycles. The third kappa shape index (κ3) is 5.65. The zero-order chi connectivity index (χ0) is 27.2. The van der Waals surface area contributed by atoms with Gasteiger partial charge in [-0.05, 0) is 72.5 Å². The number of nitrogens with one attached hydrogen (secondary N) is 2. The van der Waals surface area contributed by atoms with Crippen molar-refractivity contribution in [3.05, 3.63) is 94.1 Å². The van der Waals surface area contributed by atoms with Crippen molar-refractivity contribution in [2.45, 2.75) is 19.8 Å². The predicted octanol–water partition coefficient (Wildman–Crippen LogP) is 4.67. The Morgan fingerprint density at radius 3 is 2.16 bits per heavy atom. The van der Waals surface area contributed by atoms with Crippen molar-refractivity contribution in [1.82, 2.24) is 5.32 Å². The van der Waals surface area contributed by atoms with Gasteiger partial charge >= 0.3 is 0 Å². The SMILES string of the molecule is CCc1ccc(N2C(=O)C(Cl)=C(Nc3ccc(C(=O)NCCc4ccc(OC)c(OC)c4)cc3)C2=O)cc1. The number of hydrogen-bond acceptors (Lipinski definition) is 6. The van der Waals surface area contributed by atoms with Crippen LogP contribution in [0.1, 0.15) is 28.4 Å². The summed E-state index contributed by atoms with van der Waals surface area (Å²) in [5.74, 6) is -0.0825. The van der Waals surface area contributed by atoms with Gasteiger partial charge in [-0.15, -0.1) is 0 Å². The number of imide groups is 1. The number of halogens is 1. The number of carbonyl (C=O) groups is 3. The van der Waals surface area contributed by atoms with E-state index in [1.165, 1.54) is 0 Å². The number of aryl methyl sites for hydroxylation is 1. The lowest BCUT2D eigenvalue weighted by atomic mass is 10.1. The molecule has 0 saturated heterocycles. The molecule has 0 radical (unpaired) electrons. The second-order valence-electron chi connectivity index (χ2n) is 8.55. The van der Waals surface area contributed by atoms with Gasteiger partial charge in [-0.3, -0.25) is 14.4 Å². The first kappa shape index (κ1) is 26.8. The number of hydrogen-bond donors (Lipinski definition) is 2. The van der Waals surface area contributed by atoms with Crippen LogP contribution in [0, 0.1) is 0 Å². The Labute approximate surface area is 226 Å². The fourth-order valence-electron chi connectivity index (χ4n) is 4.03. The normalized spacial score (nSPS) is 13.1. The molecule has 0 saturated carbocycles. The molecule has 1 heterocycles. The number of amides is 3. The van der Waals surface area contributed by atoms with E-state index < -0.39 is 11.8 Å². The minimum absolute atomic E-state index is 0.0108. The summed E-state index contributed by atoms with van der Waals surface area (Å²) >= 11 is 6.23. The lowest BCUT2D eigenvalue weighted by molar-refractivity contribution is -0.120. The molecule has 0 bridgehead atoms. The molecular weight excluding hydrogens is 506 g/mol. The van der Waals surface area contributed by atoms with Gasteiger partial charge in [-0.25, -0.2) is 4.90 Å². The van der Waals surface area contributed by atoms with Crippen LogP contribution in [0.4, 0.5) is 11.4 Å². The van der Waals surface area contributed by atoms with E-state index in [0.717, 1.165) is 22.4 Å². The highest BCUT2D eigenvalue weighted by atomic mass is 35.5. The Morgan fingerprint density at radius 2 is 1.53 bits per heavy atom. The monoisotopic (exact) mass is 533 g/mol. The van der Waals surface area contributed by atoms with Crippen LogP contribution in [0.5, 0.6) is 11.5 Å².